The lowest BCUT2D eigenvalue weighted by molar-refractivity contribution is -0.156. The van der Waals surface area contributed by atoms with Crippen molar-refractivity contribution in [2.75, 3.05) is 13.2 Å². The minimum absolute atomic E-state index is 0.0685. The molecule has 0 amide bonds. The minimum atomic E-state index is -1.64. The first-order chi connectivity index (χ1) is 22.6. The molecule has 2 aliphatic carbocycles. The van der Waals surface area contributed by atoms with Crippen LogP contribution in [-0.2, 0) is 19.1 Å². The highest BCUT2D eigenvalue weighted by Gasteiger charge is 2.43. The molecule has 2 fully saturated rings. The monoisotopic (exact) mass is 782 g/mol. The molecule has 0 aromatic heterocycles. The summed E-state index contributed by atoms with van der Waals surface area (Å²) in [6.45, 7) is 8.65. The zero-order valence-electron chi connectivity index (χ0n) is 26.9. The van der Waals surface area contributed by atoms with Gasteiger partial charge < -0.3 is 18.9 Å². The fourth-order valence-corrected chi connectivity index (χ4v) is 8.10. The van der Waals surface area contributed by atoms with Crippen LogP contribution in [0.1, 0.15) is 99.8 Å². The van der Waals surface area contributed by atoms with Gasteiger partial charge in [-0.3, -0.25) is 0 Å². The Morgan fingerprint density at radius 1 is 0.646 bits per heavy atom. The fourth-order valence-electron chi connectivity index (χ4n) is 6.66. The number of rotatable bonds is 12. The van der Waals surface area contributed by atoms with Crippen molar-refractivity contribution in [1.82, 2.24) is 0 Å². The lowest BCUT2D eigenvalue weighted by Gasteiger charge is -2.48. The number of esters is 4. The highest BCUT2D eigenvalue weighted by molar-refractivity contribution is 6.47. The second-order valence-electron chi connectivity index (χ2n) is 12.6. The average molecular weight is 785 g/mol. The molecule has 4 unspecified atom stereocenters. The van der Waals surface area contributed by atoms with Gasteiger partial charge in [0.1, 0.15) is 11.1 Å². The van der Waals surface area contributed by atoms with E-state index in [-0.39, 0.29) is 54.2 Å². The Bertz CT molecular complexity index is 1490. The molecule has 262 valence electrons. The van der Waals surface area contributed by atoms with Crippen molar-refractivity contribution in [2.24, 2.45) is 22.7 Å². The van der Waals surface area contributed by atoms with Crippen LogP contribution in [0.2, 0.25) is 30.1 Å². The van der Waals surface area contributed by atoms with Gasteiger partial charge in [0.25, 0.3) is 0 Å². The molecular weight excluding hydrogens is 749 g/mol. The third kappa shape index (κ3) is 7.84. The van der Waals surface area contributed by atoms with Crippen molar-refractivity contribution in [3.8, 4) is 11.5 Å². The molecule has 14 heteroatoms. The summed E-state index contributed by atoms with van der Waals surface area (Å²) in [6, 6.07) is 2.27. The third-order valence-corrected chi connectivity index (χ3v) is 12.7. The number of hydrogen-bond acceptors (Lipinski definition) is 8. The van der Waals surface area contributed by atoms with Crippen LogP contribution < -0.4 is 9.47 Å². The second-order valence-corrected chi connectivity index (χ2v) is 15.0. The summed E-state index contributed by atoms with van der Waals surface area (Å²) in [6.07, 6.45) is 7.36. The van der Waals surface area contributed by atoms with Crippen LogP contribution >= 0.6 is 69.6 Å². The van der Waals surface area contributed by atoms with Crippen molar-refractivity contribution in [2.45, 2.75) is 79.1 Å². The van der Waals surface area contributed by atoms with E-state index < -0.39 is 46.5 Å². The van der Waals surface area contributed by atoms with Crippen molar-refractivity contribution < 1.29 is 38.1 Å². The number of hydrogen-bond donors (Lipinski definition) is 0. The first-order valence-corrected chi connectivity index (χ1v) is 18.0. The minimum Gasteiger partial charge on any atom is -0.462 e. The summed E-state index contributed by atoms with van der Waals surface area (Å²) in [7, 11) is 0. The standard InChI is InChI=1S/C34H36Cl6O8/c1-5-33(9-7-17(33)3)11-13-45-29(41)23-25(39)19(35)15-21(37)27(23)47-31(43)32(44)48-28-22(38)16-20(36)26(40)24(28)30(42)46-14-12-34(6-2)10-8-18(34)4/h15-18H,5-14H2,1-4H3. The number of carbonyl (C=O) groups excluding carboxylic acids is 4. The molecule has 0 saturated heterocycles. The summed E-state index contributed by atoms with van der Waals surface area (Å²) in [5, 5.41) is -1.45. The molecule has 2 aromatic carbocycles. The fraction of sp³-hybridized carbons (Fsp3) is 0.529. The number of carbonyl (C=O) groups is 4. The van der Waals surface area contributed by atoms with Gasteiger partial charge in [0.15, 0.2) is 11.5 Å². The Morgan fingerprint density at radius 3 is 1.27 bits per heavy atom. The number of ether oxygens (including phenoxy) is 4. The zero-order chi connectivity index (χ0) is 35.6. The molecule has 2 saturated carbocycles. The van der Waals surface area contributed by atoms with Crippen LogP contribution in [0.15, 0.2) is 12.1 Å². The third-order valence-electron chi connectivity index (χ3n) is 10.5. The maximum Gasteiger partial charge on any atom is 0.423 e. The van der Waals surface area contributed by atoms with Crippen molar-refractivity contribution in [1.29, 1.82) is 0 Å². The van der Waals surface area contributed by atoms with Gasteiger partial charge in [0, 0.05) is 0 Å². The summed E-state index contributed by atoms with van der Waals surface area (Å²) >= 11 is 37.6. The zero-order valence-corrected chi connectivity index (χ0v) is 31.4. The predicted octanol–water partition coefficient (Wildman–Crippen LogP) is 10.9. The molecule has 2 aliphatic rings. The van der Waals surface area contributed by atoms with E-state index in [4.69, 9.17) is 88.6 Å². The Hall–Kier alpha value is -1.94. The molecule has 0 bridgehead atoms. The first-order valence-electron chi connectivity index (χ1n) is 15.7. The van der Waals surface area contributed by atoms with Gasteiger partial charge in [0.05, 0.1) is 43.3 Å². The van der Waals surface area contributed by atoms with Crippen molar-refractivity contribution in [3.63, 3.8) is 0 Å². The summed E-state index contributed by atoms with van der Waals surface area (Å²) in [5.74, 6) is -5.36. The van der Waals surface area contributed by atoms with Crippen molar-refractivity contribution >= 4 is 93.5 Å². The van der Waals surface area contributed by atoms with Gasteiger partial charge in [0.2, 0.25) is 0 Å². The van der Waals surface area contributed by atoms with Gasteiger partial charge in [-0.2, -0.15) is 0 Å². The van der Waals surface area contributed by atoms with E-state index in [1.54, 1.807) is 0 Å². The van der Waals surface area contributed by atoms with E-state index >= 15 is 0 Å². The molecule has 0 aliphatic heterocycles. The van der Waals surface area contributed by atoms with Gasteiger partial charge in [-0.05, 0) is 73.3 Å². The van der Waals surface area contributed by atoms with Gasteiger partial charge in [-0.25, -0.2) is 19.2 Å². The van der Waals surface area contributed by atoms with E-state index in [0.29, 0.717) is 24.7 Å². The van der Waals surface area contributed by atoms with Crippen LogP contribution in [0, 0.1) is 22.7 Å². The second kappa shape index (κ2) is 15.9. The molecule has 2 aromatic rings. The lowest BCUT2D eigenvalue weighted by atomic mass is 9.58. The largest absolute Gasteiger partial charge is 0.462 e. The predicted molar refractivity (Wildman–Crippen MR) is 186 cm³/mol. The molecule has 4 rings (SSSR count). The normalized spacial score (nSPS) is 23.0. The topological polar surface area (TPSA) is 105 Å². The van der Waals surface area contributed by atoms with Gasteiger partial charge in [-0.15, -0.1) is 0 Å². The highest BCUT2D eigenvalue weighted by Crippen LogP contribution is 2.52. The highest BCUT2D eigenvalue weighted by atomic mass is 35.5. The Kier molecular flexibility index (Phi) is 12.9. The lowest BCUT2D eigenvalue weighted by Crippen LogP contribution is -2.39. The maximum atomic E-state index is 13.2. The van der Waals surface area contributed by atoms with Crippen LogP contribution in [0.25, 0.3) is 0 Å². The quantitative estimate of drug-likeness (QED) is 0.0907. The molecule has 0 N–H and O–H groups in total. The Balaban J connectivity index is 1.51. The molecule has 4 atom stereocenters. The molecule has 0 radical (unpaired) electrons. The first kappa shape index (κ1) is 38.9. The summed E-state index contributed by atoms with van der Waals surface area (Å²) in [4.78, 5) is 52.5. The van der Waals surface area contributed by atoms with E-state index in [2.05, 4.69) is 27.7 Å². The molecule has 48 heavy (non-hydrogen) atoms. The van der Waals surface area contributed by atoms with E-state index in [1.807, 2.05) is 0 Å². The maximum absolute atomic E-state index is 13.2. The van der Waals surface area contributed by atoms with Gasteiger partial charge in [-0.1, -0.05) is 110 Å². The van der Waals surface area contributed by atoms with Crippen LogP contribution in [-0.4, -0.2) is 37.1 Å². The molecule has 0 heterocycles. The number of halogens is 6. The van der Waals surface area contributed by atoms with Crippen LogP contribution in [0.3, 0.4) is 0 Å². The van der Waals surface area contributed by atoms with E-state index in [1.165, 1.54) is 0 Å². The Labute approximate surface area is 309 Å². The number of benzene rings is 2. The smallest absolute Gasteiger partial charge is 0.423 e. The Morgan fingerprint density at radius 2 is 1.00 bits per heavy atom. The van der Waals surface area contributed by atoms with Crippen LogP contribution in [0.4, 0.5) is 0 Å². The van der Waals surface area contributed by atoms with Gasteiger partial charge >= 0.3 is 23.9 Å². The molecule has 0 spiro atoms. The van der Waals surface area contributed by atoms with E-state index in [0.717, 1.165) is 50.7 Å². The SMILES string of the molecule is CCC1(CCOC(=O)c2c(Cl)c(Cl)cc(Cl)c2OC(=O)C(=O)Oc2c(Cl)cc(Cl)c(Cl)c2C(=O)OCCC2(CC)CCC2C)CCC1C. The summed E-state index contributed by atoms with van der Waals surface area (Å²) in [5.41, 5.74) is -0.770. The molecular formula is C34H36Cl6O8. The van der Waals surface area contributed by atoms with Crippen molar-refractivity contribution in [3.05, 3.63) is 53.4 Å². The average Bonchev–Trinajstić information content (AvgIpc) is 3.04. The summed E-state index contributed by atoms with van der Waals surface area (Å²) < 4.78 is 21.4. The van der Waals surface area contributed by atoms with Crippen LogP contribution in [0.5, 0.6) is 11.5 Å². The molecule has 8 nitrogen and oxygen atoms in total. The van der Waals surface area contributed by atoms with E-state index in [9.17, 15) is 19.2 Å².